The van der Waals surface area contributed by atoms with E-state index < -0.39 is 0 Å². The number of allylic oxidation sites excluding steroid dienone is 2. The maximum atomic E-state index is 12.6. The molecule has 114 valence electrons. The van der Waals surface area contributed by atoms with Gasteiger partial charge in [0.1, 0.15) is 23.5 Å². The van der Waals surface area contributed by atoms with Crippen molar-refractivity contribution < 1.29 is 4.79 Å². The average molecular weight is 325 g/mol. The van der Waals surface area contributed by atoms with Crippen LogP contribution >= 0.6 is 11.6 Å². The summed E-state index contributed by atoms with van der Waals surface area (Å²) in [6.45, 7) is 0. The fourth-order valence-electron chi connectivity index (χ4n) is 3.32. The van der Waals surface area contributed by atoms with Gasteiger partial charge in [-0.3, -0.25) is 4.79 Å². The molecule has 2 heterocycles. The van der Waals surface area contributed by atoms with E-state index in [-0.39, 0.29) is 11.8 Å². The third-order valence-corrected chi connectivity index (χ3v) is 4.70. The van der Waals surface area contributed by atoms with E-state index in [0.29, 0.717) is 28.4 Å². The van der Waals surface area contributed by atoms with Crippen LogP contribution in [0.5, 0.6) is 0 Å². The van der Waals surface area contributed by atoms with Crippen molar-refractivity contribution in [3.63, 3.8) is 0 Å². The van der Waals surface area contributed by atoms with Crippen molar-refractivity contribution in [3.05, 3.63) is 57.9 Å². The van der Waals surface area contributed by atoms with Crippen LogP contribution in [0.4, 0.5) is 5.82 Å². The number of nitrogens with one attached hydrogen (secondary N) is 1. The molecule has 0 saturated heterocycles. The Balaban J connectivity index is 1.98. The molecule has 0 fully saturated rings. The topological polar surface area (TPSA) is 70.7 Å². The first-order valence-electron chi connectivity index (χ1n) is 7.46. The van der Waals surface area contributed by atoms with Crippen LogP contribution < -0.4 is 5.32 Å². The molecule has 1 N–H and O–H groups in total. The summed E-state index contributed by atoms with van der Waals surface area (Å²) in [5.74, 6) is 0.745. The van der Waals surface area contributed by atoms with E-state index >= 15 is 0 Å². The molecule has 1 aliphatic carbocycles. The maximum absolute atomic E-state index is 12.6. The van der Waals surface area contributed by atoms with Crippen molar-refractivity contribution in [3.8, 4) is 6.07 Å². The molecule has 0 saturated carbocycles. The van der Waals surface area contributed by atoms with Crippen molar-refractivity contribution in [1.29, 1.82) is 5.26 Å². The molecule has 2 aliphatic rings. The molecule has 6 heteroatoms. The van der Waals surface area contributed by atoms with Gasteiger partial charge in [-0.2, -0.15) is 10.4 Å². The van der Waals surface area contributed by atoms with Gasteiger partial charge < -0.3 is 5.32 Å². The van der Waals surface area contributed by atoms with Crippen LogP contribution in [0.25, 0.3) is 0 Å². The molecular formula is C17H13ClN4O. The zero-order valence-corrected chi connectivity index (χ0v) is 13.0. The van der Waals surface area contributed by atoms with Crippen LogP contribution in [0.2, 0.25) is 5.02 Å². The Morgan fingerprint density at radius 3 is 2.96 bits per heavy atom. The van der Waals surface area contributed by atoms with Gasteiger partial charge in [-0.1, -0.05) is 29.8 Å². The Bertz CT molecular complexity index is 890. The van der Waals surface area contributed by atoms with Gasteiger partial charge in [-0.05, 0) is 24.5 Å². The standard InChI is InChI=1S/C17H13ClN4O/c18-12-5-2-1-4-11(12)16-15-13(6-3-7-14(15)23)21-17-10(8-19)9-20-22(16)17/h1-2,4-5,9,16,21H,3,6-7H2/t16-/m0/s1. The largest absolute Gasteiger partial charge is 0.342 e. The van der Waals surface area contributed by atoms with Gasteiger partial charge in [-0.15, -0.1) is 0 Å². The van der Waals surface area contributed by atoms with Gasteiger partial charge in [0, 0.05) is 22.7 Å². The smallest absolute Gasteiger partial charge is 0.163 e. The van der Waals surface area contributed by atoms with Gasteiger partial charge in [0.25, 0.3) is 0 Å². The Morgan fingerprint density at radius 1 is 1.35 bits per heavy atom. The number of fused-ring (bicyclic) bond motifs is 1. The molecular weight excluding hydrogens is 312 g/mol. The second-order valence-corrected chi connectivity index (χ2v) is 6.09. The fourth-order valence-corrected chi connectivity index (χ4v) is 3.56. The first kappa shape index (κ1) is 14.0. The van der Waals surface area contributed by atoms with E-state index in [2.05, 4.69) is 16.5 Å². The second kappa shape index (κ2) is 5.25. The van der Waals surface area contributed by atoms with E-state index in [9.17, 15) is 10.1 Å². The van der Waals surface area contributed by atoms with Crippen LogP contribution in [-0.2, 0) is 4.79 Å². The average Bonchev–Trinajstić information content (AvgIpc) is 2.96. The first-order chi connectivity index (χ1) is 11.2. The van der Waals surface area contributed by atoms with Crippen LogP contribution in [0.15, 0.2) is 41.7 Å². The molecule has 0 bridgehead atoms. The molecule has 0 unspecified atom stereocenters. The quantitative estimate of drug-likeness (QED) is 0.872. The minimum absolute atomic E-state index is 0.114. The van der Waals surface area contributed by atoms with E-state index in [4.69, 9.17) is 11.6 Å². The van der Waals surface area contributed by atoms with Gasteiger partial charge >= 0.3 is 0 Å². The summed E-state index contributed by atoms with van der Waals surface area (Å²) in [4.78, 5) is 12.6. The number of anilines is 1. The summed E-state index contributed by atoms with van der Waals surface area (Å²) in [6.07, 6.45) is 3.66. The van der Waals surface area contributed by atoms with Crippen molar-refractivity contribution in [2.45, 2.75) is 25.3 Å². The molecule has 0 radical (unpaired) electrons. The number of aromatic nitrogens is 2. The van der Waals surface area contributed by atoms with E-state index in [1.165, 1.54) is 6.20 Å². The highest BCUT2D eigenvalue weighted by Crippen LogP contribution is 2.42. The summed E-state index contributed by atoms with van der Waals surface area (Å²) in [5, 5.41) is 17.5. The molecule has 0 spiro atoms. The minimum atomic E-state index is -0.384. The first-order valence-corrected chi connectivity index (χ1v) is 7.84. The van der Waals surface area contributed by atoms with Crippen LogP contribution in [0, 0.1) is 11.3 Å². The number of Topliss-reactive ketones (excluding diaryl/α,β-unsaturated/α-hetero) is 1. The zero-order valence-electron chi connectivity index (χ0n) is 12.2. The van der Waals surface area contributed by atoms with Crippen molar-refractivity contribution in [2.75, 3.05) is 5.32 Å². The van der Waals surface area contributed by atoms with Gasteiger partial charge in [0.05, 0.1) is 6.20 Å². The number of nitriles is 1. The Morgan fingerprint density at radius 2 is 2.17 bits per heavy atom. The molecule has 1 atom stereocenters. The van der Waals surface area contributed by atoms with Crippen molar-refractivity contribution >= 4 is 23.2 Å². The molecule has 23 heavy (non-hydrogen) atoms. The number of benzene rings is 1. The van der Waals surface area contributed by atoms with Crippen LogP contribution in [0.1, 0.15) is 36.4 Å². The third kappa shape index (κ3) is 2.07. The zero-order chi connectivity index (χ0) is 16.0. The van der Waals surface area contributed by atoms with Crippen LogP contribution in [0.3, 0.4) is 0 Å². The monoisotopic (exact) mass is 324 g/mol. The number of hydrogen-bond acceptors (Lipinski definition) is 4. The van der Waals surface area contributed by atoms with Crippen LogP contribution in [-0.4, -0.2) is 15.6 Å². The summed E-state index contributed by atoms with van der Waals surface area (Å²) >= 11 is 6.38. The van der Waals surface area contributed by atoms with E-state index in [1.54, 1.807) is 10.7 Å². The normalized spacial score (nSPS) is 19.7. The molecule has 0 amide bonds. The van der Waals surface area contributed by atoms with Gasteiger partial charge in [0.2, 0.25) is 0 Å². The summed E-state index contributed by atoms with van der Waals surface area (Å²) in [7, 11) is 0. The number of carbonyl (C=O) groups is 1. The molecule has 5 nitrogen and oxygen atoms in total. The van der Waals surface area contributed by atoms with Gasteiger partial charge in [0.15, 0.2) is 5.78 Å². The maximum Gasteiger partial charge on any atom is 0.163 e. The second-order valence-electron chi connectivity index (χ2n) is 5.68. The predicted octanol–water partition coefficient (Wildman–Crippen LogP) is 3.43. The lowest BCUT2D eigenvalue weighted by Gasteiger charge is -2.33. The molecule has 1 aromatic carbocycles. The Kier molecular flexibility index (Phi) is 3.21. The Hall–Kier alpha value is -2.58. The number of ketones is 1. The highest BCUT2D eigenvalue weighted by atomic mass is 35.5. The highest BCUT2D eigenvalue weighted by Gasteiger charge is 2.37. The Labute approximate surface area is 138 Å². The van der Waals surface area contributed by atoms with Crippen molar-refractivity contribution in [2.24, 2.45) is 0 Å². The molecule has 4 rings (SSSR count). The lowest BCUT2D eigenvalue weighted by molar-refractivity contribution is -0.116. The highest BCUT2D eigenvalue weighted by molar-refractivity contribution is 6.31. The fraction of sp³-hybridized carbons (Fsp3) is 0.235. The predicted molar refractivity (Wildman–Crippen MR) is 86.0 cm³/mol. The number of nitrogens with zero attached hydrogens (tertiary/aromatic N) is 3. The SMILES string of the molecule is N#Cc1cnn2c1NC1=C(C(=O)CCC1)[C@@H]2c1ccccc1Cl. The molecule has 1 aromatic heterocycles. The lowest BCUT2D eigenvalue weighted by atomic mass is 9.85. The number of halogens is 1. The molecule has 1 aliphatic heterocycles. The van der Waals surface area contributed by atoms with E-state index in [1.807, 2.05) is 18.2 Å². The van der Waals surface area contributed by atoms with Gasteiger partial charge in [-0.25, -0.2) is 4.68 Å². The minimum Gasteiger partial charge on any atom is -0.342 e. The number of hydrogen-bond donors (Lipinski definition) is 1. The number of rotatable bonds is 1. The lowest BCUT2D eigenvalue weighted by Crippen LogP contribution is -2.31. The summed E-state index contributed by atoms with van der Waals surface area (Å²) in [6, 6.07) is 9.22. The summed E-state index contributed by atoms with van der Waals surface area (Å²) < 4.78 is 1.70. The molecule has 2 aromatic rings. The number of carbonyl (C=O) groups excluding carboxylic acids is 1. The third-order valence-electron chi connectivity index (χ3n) is 4.36. The van der Waals surface area contributed by atoms with Crippen molar-refractivity contribution in [1.82, 2.24) is 9.78 Å². The summed E-state index contributed by atoms with van der Waals surface area (Å²) in [5.41, 5.74) is 2.89. The van der Waals surface area contributed by atoms with E-state index in [0.717, 1.165) is 24.1 Å².